The summed E-state index contributed by atoms with van der Waals surface area (Å²) < 4.78 is 16.7. The first-order chi connectivity index (χ1) is 12.2. The second kappa shape index (κ2) is 8.36. The Kier molecular flexibility index (Phi) is 5.94. The van der Waals surface area contributed by atoms with Crippen molar-refractivity contribution in [2.75, 3.05) is 25.6 Å². The average molecular weight is 360 g/mol. The number of thiocarbonyl (C=S) groups is 1. The topological polar surface area (TPSA) is 46.9 Å². The van der Waals surface area contributed by atoms with E-state index < -0.39 is 0 Å². The Bertz CT molecular complexity index is 697. The molecule has 1 atom stereocenters. The predicted molar refractivity (Wildman–Crippen MR) is 102 cm³/mol. The van der Waals surface area contributed by atoms with Crippen LogP contribution in [-0.4, -0.2) is 36.4 Å². The lowest BCUT2D eigenvalue weighted by Crippen LogP contribution is -2.39. The summed E-state index contributed by atoms with van der Waals surface area (Å²) in [4.78, 5) is 2.09. The molecule has 2 heterocycles. The highest BCUT2D eigenvalue weighted by atomic mass is 32.1. The number of anilines is 1. The van der Waals surface area contributed by atoms with Crippen LogP contribution in [0, 0.1) is 6.92 Å². The zero-order valence-electron chi connectivity index (χ0n) is 14.7. The van der Waals surface area contributed by atoms with Crippen molar-refractivity contribution in [1.82, 2.24) is 4.90 Å². The van der Waals surface area contributed by atoms with E-state index in [1.54, 1.807) is 13.4 Å². The first-order valence-electron chi connectivity index (χ1n) is 8.50. The van der Waals surface area contributed by atoms with Crippen LogP contribution in [0.25, 0.3) is 0 Å². The first-order valence-corrected chi connectivity index (χ1v) is 8.91. The molecular weight excluding hydrogens is 336 g/mol. The van der Waals surface area contributed by atoms with Crippen molar-refractivity contribution >= 4 is 23.0 Å². The number of nitrogens with zero attached hydrogens (tertiary/aromatic N) is 1. The molecule has 0 aliphatic carbocycles. The van der Waals surface area contributed by atoms with Crippen LogP contribution in [0.15, 0.2) is 41.0 Å². The van der Waals surface area contributed by atoms with Gasteiger partial charge in [-0.15, -0.1) is 0 Å². The van der Waals surface area contributed by atoms with Gasteiger partial charge in [0.25, 0.3) is 0 Å². The molecule has 5 nitrogen and oxygen atoms in total. The molecule has 25 heavy (non-hydrogen) atoms. The molecule has 0 saturated carbocycles. The largest absolute Gasteiger partial charge is 0.495 e. The van der Waals surface area contributed by atoms with Gasteiger partial charge in [0, 0.05) is 13.2 Å². The fourth-order valence-electron chi connectivity index (χ4n) is 2.94. The molecule has 1 unspecified atom stereocenters. The van der Waals surface area contributed by atoms with E-state index in [0.717, 1.165) is 48.8 Å². The highest BCUT2D eigenvalue weighted by Gasteiger charge is 2.22. The molecule has 1 N–H and O–H groups in total. The number of hydrogen-bond donors (Lipinski definition) is 1. The monoisotopic (exact) mass is 360 g/mol. The molecule has 0 bridgehead atoms. The van der Waals surface area contributed by atoms with Gasteiger partial charge in [-0.1, -0.05) is 6.07 Å². The lowest BCUT2D eigenvalue weighted by molar-refractivity contribution is 0.0892. The van der Waals surface area contributed by atoms with E-state index in [0.29, 0.717) is 11.7 Å². The van der Waals surface area contributed by atoms with Crippen LogP contribution in [0.5, 0.6) is 5.75 Å². The number of rotatable bonds is 6. The normalized spacial score (nSPS) is 16.6. The second-order valence-corrected chi connectivity index (χ2v) is 6.62. The van der Waals surface area contributed by atoms with E-state index in [1.807, 2.05) is 37.3 Å². The number of methoxy groups -OCH3 is 1. The van der Waals surface area contributed by atoms with Crippen molar-refractivity contribution in [3.63, 3.8) is 0 Å². The standard InChI is InChI=1S/C19H24N2O3S/c1-14-7-8-17(18(11-14)22-2)20-19(25)21(12-15-5-3-9-23-15)13-16-6-4-10-24-16/h3,5,7-9,11,16H,4,6,10,12-13H2,1-2H3,(H,20,25). The van der Waals surface area contributed by atoms with E-state index in [-0.39, 0.29) is 6.10 Å². The average Bonchev–Trinajstić information content (AvgIpc) is 3.29. The van der Waals surface area contributed by atoms with Crippen molar-refractivity contribution in [3.05, 3.63) is 47.9 Å². The van der Waals surface area contributed by atoms with Gasteiger partial charge in [-0.25, -0.2) is 0 Å². The molecule has 1 aliphatic heterocycles. The van der Waals surface area contributed by atoms with Crippen LogP contribution in [0.1, 0.15) is 24.2 Å². The van der Waals surface area contributed by atoms with Crippen LogP contribution >= 0.6 is 12.2 Å². The van der Waals surface area contributed by atoms with E-state index in [4.69, 9.17) is 26.1 Å². The number of benzene rings is 1. The van der Waals surface area contributed by atoms with Crippen molar-refractivity contribution in [3.8, 4) is 5.75 Å². The Morgan fingerprint density at radius 2 is 2.28 bits per heavy atom. The SMILES string of the molecule is COc1cc(C)ccc1NC(=S)N(Cc1ccco1)CC1CCCO1. The van der Waals surface area contributed by atoms with Crippen LogP contribution in [-0.2, 0) is 11.3 Å². The maximum Gasteiger partial charge on any atom is 0.174 e. The third-order valence-corrected chi connectivity index (χ3v) is 4.62. The Morgan fingerprint density at radius 1 is 1.40 bits per heavy atom. The fourth-order valence-corrected chi connectivity index (χ4v) is 3.19. The number of furan rings is 1. The van der Waals surface area contributed by atoms with Crippen LogP contribution in [0.2, 0.25) is 0 Å². The zero-order valence-corrected chi connectivity index (χ0v) is 15.5. The summed E-state index contributed by atoms with van der Waals surface area (Å²) in [6.45, 7) is 4.20. The first kappa shape index (κ1) is 17.8. The molecule has 0 amide bonds. The molecule has 134 valence electrons. The molecule has 1 saturated heterocycles. The molecule has 3 rings (SSSR count). The summed E-state index contributed by atoms with van der Waals surface area (Å²) in [6.07, 6.45) is 4.05. The van der Waals surface area contributed by atoms with Gasteiger partial charge in [-0.3, -0.25) is 0 Å². The highest BCUT2D eigenvalue weighted by Crippen LogP contribution is 2.26. The maximum absolute atomic E-state index is 5.78. The van der Waals surface area contributed by atoms with E-state index in [2.05, 4.69) is 10.2 Å². The Balaban J connectivity index is 1.73. The van der Waals surface area contributed by atoms with Gasteiger partial charge in [-0.2, -0.15) is 0 Å². The summed E-state index contributed by atoms with van der Waals surface area (Å²) in [6, 6.07) is 9.85. The minimum absolute atomic E-state index is 0.203. The maximum atomic E-state index is 5.78. The van der Waals surface area contributed by atoms with Crippen LogP contribution in [0.3, 0.4) is 0 Å². The van der Waals surface area contributed by atoms with E-state index in [1.165, 1.54) is 0 Å². The van der Waals surface area contributed by atoms with Gasteiger partial charge >= 0.3 is 0 Å². The summed E-state index contributed by atoms with van der Waals surface area (Å²) >= 11 is 5.67. The summed E-state index contributed by atoms with van der Waals surface area (Å²) in [5.74, 6) is 1.65. The van der Waals surface area contributed by atoms with Gasteiger partial charge in [0.05, 0.1) is 31.7 Å². The highest BCUT2D eigenvalue weighted by molar-refractivity contribution is 7.80. The minimum atomic E-state index is 0.203. The van der Waals surface area contributed by atoms with Gasteiger partial charge in [0.15, 0.2) is 5.11 Å². The van der Waals surface area contributed by atoms with Crippen molar-refractivity contribution in [1.29, 1.82) is 0 Å². The fraction of sp³-hybridized carbons (Fsp3) is 0.421. The lowest BCUT2D eigenvalue weighted by atomic mass is 10.2. The smallest absolute Gasteiger partial charge is 0.174 e. The molecule has 1 aliphatic rings. The molecular formula is C19H24N2O3S. The van der Waals surface area contributed by atoms with Crippen LogP contribution in [0.4, 0.5) is 5.69 Å². The van der Waals surface area contributed by atoms with Gasteiger partial charge in [0.1, 0.15) is 11.5 Å². The van der Waals surface area contributed by atoms with Crippen molar-refractivity contribution in [2.24, 2.45) is 0 Å². The number of ether oxygens (including phenoxy) is 2. The Hall–Kier alpha value is -2.05. The zero-order chi connectivity index (χ0) is 17.6. The number of hydrogen-bond acceptors (Lipinski definition) is 4. The van der Waals surface area contributed by atoms with Crippen LogP contribution < -0.4 is 10.1 Å². The Labute approximate surface area is 153 Å². The molecule has 1 fully saturated rings. The molecule has 1 aromatic carbocycles. The number of aryl methyl sites for hydroxylation is 1. The quantitative estimate of drug-likeness (QED) is 0.787. The lowest BCUT2D eigenvalue weighted by Gasteiger charge is -2.28. The molecule has 6 heteroatoms. The predicted octanol–water partition coefficient (Wildman–Crippen LogP) is 3.97. The molecule has 0 radical (unpaired) electrons. The van der Waals surface area contributed by atoms with Gasteiger partial charge < -0.3 is 24.1 Å². The molecule has 0 spiro atoms. The van der Waals surface area contributed by atoms with Gasteiger partial charge in [0.2, 0.25) is 0 Å². The van der Waals surface area contributed by atoms with Crippen molar-refractivity contribution in [2.45, 2.75) is 32.4 Å². The summed E-state index contributed by atoms with van der Waals surface area (Å²) in [5, 5.41) is 3.94. The Morgan fingerprint density at radius 3 is 2.96 bits per heavy atom. The van der Waals surface area contributed by atoms with Crippen molar-refractivity contribution < 1.29 is 13.9 Å². The van der Waals surface area contributed by atoms with E-state index >= 15 is 0 Å². The summed E-state index contributed by atoms with van der Waals surface area (Å²) in [5.41, 5.74) is 2.00. The van der Waals surface area contributed by atoms with E-state index in [9.17, 15) is 0 Å². The number of nitrogens with one attached hydrogen (secondary N) is 1. The summed E-state index contributed by atoms with van der Waals surface area (Å²) in [7, 11) is 1.66. The third-order valence-electron chi connectivity index (χ3n) is 4.26. The minimum Gasteiger partial charge on any atom is -0.495 e. The van der Waals surface area contributed by atoms with Gasteiger partial charge in [-0.05, 0) is 61.8 Å². The third kappa shape index (κ3) is 4.74. The molecule has 1 aromatic heterocycles. The second-order valence-electron chi connectivity index (χ2n) is 6.23. The molecule has 2 aromatic rings.